The minimum atomic E-state index is -0.190. The Morgan fingerprint density at radius 3 is 2.40 bits per heavy atom. The van der Waals surface area contributed by atoms with Crippen molar-refractivity contribution in [1.82, 2.24) is 5.32 Å². The van der Waals surface area contributed by atoms with Gasteiger partial charge in [0.05, 0.1) is 13.1 Å². The molecule has 5 nitrogen and oxygen atoms in total. The second kappa shape index (κ2) is 7.07. The van der Waals surface area contributed by atoms with Crippen LogP contribution in [0.3, 0.4) is 0 Å². The molecule has 2 amide bonds. The van der Waals surface area contributed by atoms with Crippen LogP contribution in [0.2, 0.25) is 0 Å². The molecule has 0 aromatic rings. The molecule has 1 heterocycles. The number of carbonyl (C=O) groups excluding carboxylic acids is 2. The van der Waals surface area contributed by atoms with Crippen LogP contribution in [0.15, 0.2) is 0 Å². The van der Waals surface area contributed by atoms with Gasteiger partial charge in [0.15, 0.2) is 6.54 Å². The molecule has 1 saturated heterocycles. The standard InChI is InChI=1S/C15H27N3O2/c1-11-4-2-3-5-13(11)17-14(19)10-18-8-6-12(7-9-18)15(16)20/h11-13H,2-10H2,1H3,(H2,16,20)(H,17,19)/p+1/t11-,13+/m1/s1. The average molecular weight is 282 g/mol. The summed E-state index contributed by atoms with van der Waals surface area (Å²) in [5.41, 5.74) is 5.33. The quantitative estimate of drug-likeness (QED) is 0.648. The third-order valence-corrected chi connectivity index (χ3v) is 4.96. The molecule has 5 heteroatoms. The van der Waals surface area contributed by atoms with E-state index in [1.165, 1.54) is 24.2 Å². The van der Waals surface area contributed by atoms with Crippen molar-refractivity contribution >= 4 is 11.8 Å². The van der Waals surface area contributed by atoms with E-state index in [2.05, 4.69) is 12.2 Å². The van der Waals surface area contributed by atoms with Crippen molar-refractivity contribution in [2.75, 3.05) is 19.6 Å². The van der Waals surface area contributed by atoms with Crippen LogP contribution in [0.5, 0.6) is 0 Å². The fraction of sp³-hybridized carbons (Fsp3) is 0.867. The maximum absolute atomic E-state index is 12.1. The van der Waals surface area contributed by atoms with E-state index in [1.807, 2.05) is 0 Å². The topological polar surface area (TPSA) is 76.6 Å². The number of likely N-dealkylation sites (tertiary alicyclic amines) is 1. The smallest absolute Gasteiger partial charge is 0.275 e. The molecule has 2 aliphatic rings. The third kappa shape index (κ3) is 4.20. The van der Waals surface area contributed by atoms with Gasteiger partial charge in [-0.25, -0.2) is 0 Å². The van der Waals surface area contributed by atoms with E-state index in [0.29, 0.717) is 18.5 Å². The molecule has 1 saturated carbocycles. The van der Waals surface area contributed by atoms with Crippen LogP contribution in [0.1, 0.15) is 45.4 Å². The fourth-order valence-corrected chi connectivity index (χ4v) is 3.50. The Balaban J connectivity index is 1.71. The highest BCUT2D eigenvalue weighted by atomic mass is 16.2. The summed E-state index contributed by atoms with van der Waals surface area (Å²) in [5, 5.41) is 3.20. The summed E-state index contributed by atoms with van der Waals surface area (Å²) in [5.74, 6) is 0.587. The second-order valence-corrected chi connectivity index (χ2v) is 6.54. The molecule has 4 N–H and O–H groups in total. The van der Waals surface area contributed by atoms with Crippen LogP contribution in [0.25, 0.3) is 0 Å². The van der Waals surface area contributed by atoms with Crippen LogP contribution in [-0.2, 0) is 9.59 Å². The van der Waals surface area contributed by atoms with Gasteiger partial charge in [-0.2, -0.15) is 0 Å². The normalized spacial score (nSPS) is 34.5. The summed E-state index contributed by atoms with van der Waals surface area (Å²) in [4.78, 5) is 24.5. The van der Waals surface area contributed by atoms with Gasteiger partial charge in [0.2, 0.25) is 5.91 Å². The number of nitrogens with two attached hydrogens (primary N) is 1. The molecule has 0 aromatic heterocycles. The summed E-state index contributed by atoms with van der Waals surface area (Å²) >= 11 is 0. The summed E-state index contributed by atoms with van der Waals surface area (Å²) in [7, 11) is 0. The number of carbonyl (C=O) groups is 2. The first-order valence-electron chi connectivity index (χ1n) is 7.98. The highest BCUT2D eigenvalue weighted by Crippen LogP contribution is 2.23. The number of primary amides is 1. The molecule has 2 atom stereocenters. The predicted molar refractivity (Wildman–Crippen MR) is 77.0 cm³/mol. The van der Waals surface area contributed by atoms with E-state index < -0.39 is 0 Å². The molecule has 0 spiro atoms. The Morgan fingerprint density at radius 1 is 1.15 bits per heavy atom. The second-order valence-electron chi connectivity index (χ2n) is 6.54. The van der Waals surface area contributed by atoms with E-state index in [0.717, 1.165) is 32.4 Å². The van der Waals surface area contributed by atoms with Gasteiger partial charge >= 0.3 is 0 Å². The zero-order chi connectivity index (χ0) is 14.5. The number of hydrogen-bond acceptors (Lipinski definition) is 2. The lowest BCUT2D eigenvalue weighted by atomic mass is 9.86. The molecule has 114 valence electrons. The highest BCUT2D eigenvalue weighted by molar-refractivity contribution is 5.77. The summed E-state index contributed by atoms with van der Waals surface area (Å²) < 4.78 is 0. The Labute approximate surface area is 121 Å². The molecule has 0 radical (unpaired) electrons. The van der Waals surface area contributed by atoms with Gasteiger partial charge in [0, 0.05) is 24.8 Å². The lowest BCUT2D eigenvalue weighted by molar-refractivity contribution is -0.897. The van der Waals surface area contributed by atoms with E-state index in [4.69, 9.17) is 5.73 Å². The lowest BCUT2D eigenvalue weighted by Crippen LogP contribution is -3.14. The van der Waals surface area contributed by atoms with E-state index in [9.17, 15) is 9.59 Å². The number of rotatable bonds is 4. The number of hydrogen-bond donors (Lipinski definition) is 3. The van der Waals surface area contributed by atoms with Gasteiger partial charge in [0.1, 0.15) is 0 Å². The monoisotopic (exact) mass is 282 g/mol. The molecule has 2 fully saturated rings. The van der Waals surface area contributed by atoms with Gasteiger partial charge in [-0.15, -0.1) is 0 Å². The highest BCUT2D eigenvalue weighted by Gasteiger charge is 2.28. The molecule has 0 bridgehead atoms. The Kier molecular flexibility index (Phi) is 5.40. The Bertz CT molecular complexity index is 351. The molecule has 0 aromatic carbocycles. The molecule has 1 aliphatic carbocycles. The van der Waals surface area contributed by atoms with Crippen molar-refractivity contribution in [3.63, 3.8) is 0 Å². The van der Waals surface area contributed by atoms with Gasteiger partial charge in [-0.05, 0) is 18.8 Å². The number of piperidine rings is 1. The number of quaternary nitrogens is 1. The van der Waals surface area contributed by atoms with Crippen molar-refractivity contribution in [1.29, 1.82) is 0 Å². The predicted octanol–water partition coefficient (Wildman–Crippen LogP) is -0.538. The third-order valence-electron chi connectivity index (χ3n) is 4.96. The first-order valence-corrected chi connectivity index (χ1v) is 7.98. The van der Waals surface area contributed by atoms with Gasteiger partial charge < -0.3 is 16.0 Å². The van der Waals surface area contributed by atoms with Gasteiger partial charge in [-0.3, -0.25) is 9.59 Å². The fourth-order valence-electron chi connectivity index (χ4n) is 3.50. The van der Waals surface area contributed by atoms with Gasteiger partial charge in [-0.1, -0.05) is 19.8 Å². The van der Waals surface area contributed by atoms with Crippen molar-refractivity contribution in [3.05, 3.63) is 0 Å². The van der Waals surface area contributed by atoms with E-state index >= 15 is 0 Å². The van der Waals surface area contributed by atoms with E-state index in [1.54, 1.807) is 0 Å². The van der Waals surface area contributed by atoms with Crippen LogP contribution >= 0.6 is 0 Å². The minimum Gasteiger partial charge on any atom is -0.369 e. The Morgan fingerprint density at radius 2 is 1.80 bits per heavy atom. The molecule has 20 heavy (non-hydrogen) atoms. The molecule has 2 rings (SSSR count). The van der Waals surface area contributed by atoms with Crippen LogP contribution < -0.4 is 16.0 Å². The molecular weight excluding hydrogens is 254 g/mol. The largest absolute Gasteiger partial charge is 0.369 e. The van der Waals surface area contributed by atoms with Crippen LogP contribution in [0.4, 0.5) is 0 Å². The maximum atomic E-state index is 12.1. The zero-order valence-electron chi connectivity index (χ0n) is 12.5. The van der Waals surface area contributed by atoms with Crippen molar-refractivity contribution in [3.8, 4) is 0 Å². The maximum Gasteiger partial charge on any atom is 0.275 e. The van der Waals surface area contributed by atoms with Crippen LogP contribution in [-0.4, -0.2) is 37.5 Å². The number of nitrogens with one attached hydrogen (secondary N) is 2. The first-order chi connectivity index (χ1) is 9.56. The van der Waals surface area contributed by atoms with E-state index in [-0.39, 0.29) is 17.7 Å². The first kappa shape index (κ1) is 15.3. The minimum absolute atomic E-state index is 0.0141. The zero-order valence-corrected chi connectivity index (χ0v) is 12.5. The molecular formula is C15H28N3O2+. The molecule has 1 aliphatic heterocycles. The van der Waals surface area contributed by atoms with Crippen LogP contribution in [0, 0.1) is 11.8 Å². The summed E-state index contributed by atoms with van der Waals surface area (Å²) in [6.07, 6.45) is 6.49. The van der Waals surface area contributed by atoms with Gasteiger partial charge in [0.25, 0.3) is 5.91 Å². The number of amides is 2. The van der Waals surface area contributed by atoms with Crippen molar-refractivity contribution in [2.24, 2.45) is 17.6 Å². The van der Waals surface area contributed by atoms with Crippen molar-refractivity contribution in [2.45, 2.75) is 51.5 Å². The van der Waals surface area contributed by atoms with Crippen molar-refractivity contribution < 1.29 is 14.5 Å². The summed E-state index contributed by atoms with van der Waals surface area (Å²) in [6, 6.07) is 0.360. The average Bonchev–Trinajstić information content (AvgIpc) is 2.42. The SMILES string of the molecule is C[C@@H]1CCCC[C@@H]1NC(=O)C[NH+]1CCC(C(N)=O)CC1. The summed E-state index contributed by atoms with van der Waals surface area (Å²) in [6.45, 7) is 4.52. The lowest BCUT2D eigenvalue weighted by Gasteiger charge is -2.31. The molecule has 0 unspecified atom stereocenters. The Hall–Kier alpha value is -1.10.